The van der Waals surface area contributed by atoms with Gasteiger partial charge in [0.05, 0.1) is 17.9 Å². The molecule has 24 heavy (non-hydrogen) atoms. The number of carbonyl (C=O) groups is 1. The lowest BCUT2D eigenvalue weighted by Crippen LogP contribution is -2.14. The first-order valence-corrected chi connectivity index (χ1v) is 8.82. The smallest absolute Gasteiger partial charge is 0.274 e. The van der Waals surface area contributed by atoms with Crippen molar-refractivity contribution in [2.75, 3.05) is 17.3 Å². The molecule has 0 spiro atoms. The van der Waals surface area contributed by atoms with Crippen LogP contribution >= 0.6 is 11.8 Å². The van der Waals surface area contributed by atoms with Gasteiger partial charge in [-0.1, -0.05) is 17.8 Å². The molecular weight excluding hydrogens is 322 g/mol. The van der Waals surface area contributed by atoms with Gasteiger partial charge in [0.1, 0.15) is 5.69 Å². The molecular formula is C17H19N5OS. The van der Waals surface area contributed by atoms with E-state index in [1.54, 1.807) is 12.1 Å². The molecule has 6 nitrogen and oxygen atoms in total. The summed E-state index contributed by atoms with van der Waals surface area (Å²) in [5, 5.41) is 3.45. The number of thioether (sulfide) groups is 1. The molecule has 0 bridgehead atoms. The number of hydrogen-bond donors (Lipinski definition) is 3. The van der Waals surface area contributed by atoms with Crippen LogP contribution in [0.5, 0.6) is 0 Å². The molecule has 1 heterocycles. The second kappa shape index (κ2) is 6.92. The van der Waals surface area contributed by atoms with E-state index in [0.29, 0.717) is 16.5 Å². The predicted octanol–water partition coefficient (Wildman–Crippen LogP) is 2.58. The molecule has 0 aliphatic heterocycles. The minimum atomic E-state index is -0.267. The standard InChI is InChI=1S/C17H19N5OS/c1-24-17(19)22-14-6-3-10-2-5-12(8-13(10)14)21-16(23)15-7-4-11(18)9-20-15/h2,4-5,7-9,14H,3,6,18H2,1H3,(H2,19,22)(H,21,23). The number of pyridine rings is 1. The Bertz CT molecular complexity index is 788. The molecule has 124 valence electrons. The molecule has 2 aromatic rings. The molecule has 7 heteroatoms. The van der Waals surface area contributed by atoms with Crippen LogP contribution in [0.15, 0.2) is 41.5 Å². The van der Waals surface area contributed by atoms with Gasteiger partial charge in [-0.05, 0) is 54.5 Å². The molecule has 1 aliphatic rings. The monoisotopic (exact) mass is 341 g/mol. The molecule has 3 rings (SSSR count). The summed E-state index contributed by atoms with van der Waals surface area (Å²) in [6.45, 7) is 0. The number of benzene rings is 1. The zero-order valence-electron chi connectivity index (χ0n) is 13.3. The molecule has 1 atom stereocenters. The summed E-state index contributed by atoms with van der Waals surface area (Å²) < 4.78 is 0. The fourth-order valence-corrected chi connectivity index (χ4v) is 2.97. The number of anilines is 2. The highest BCUT2D eigenvalue weighted by Crippen LogP contribution is 2.36. The van der Waals surface area contributed by atoms with Crippen LogP contribution in [0.2, 0.25) is 0 Å². The normalized spacial score (nSPS) is 16.7. The van der Waals surface area contributed by atoms with Crippen LogP contribution in [-0.4, -0.2) is 22.3 Å². The molecule has 1 aromatic heterocycles. The van der Waals surface area contributed by atoms with Gasteiger partial charge in [-0.3, -0.25) is 9.79 Å². The summed E-state index contributed by atoms with van der Waals surface area (Å²) in [5.74, 6) is -0.267. The summed E-state index contributed by atoms with van der Waals surface area (Å²) in [6.07, 6.45) is 5.28. The Kier molecular flexibility index (Phi) is 4.71. The minimum absolute atomic E-state index is 0.0546. The Labute approximate surface area is 144 Å². The lowest BCUT2D eigenvalue weighted by molar-refractivity contribution is 0.102. The molecule has 1 aliphatic carbocycles. The number of amidine groups is 1. The van der Waals surface area contributed by atoms with E-state index in [-0.39, 0.29) is 11.9 Å². The number of nitrogens with two attached hydrogens (primary N) is 2. The molecule has 5 N–H and O–H groups in total. The second-order valence-electron chi connectivity index (χ2n) is 5.57. The summed E-state index contributed by atoms with van der Waals surface area (Å²) in [6, 6.07) is 9.22. The summed E-state index contributed by atoms with van der Waals surface area (Å²) in [4.78, 5) is 20.8. The number of carbonyl (C=O) groups excluding carboxylic acids is 1. The Balaban J connectivity index is 1.80. The molecule has 1 aromatic carbocycles. The summed E-state index contributed by atoms with van der Waals surface area (Å²) >= 11 is 1.44. The van der Waals surface area contributed by atoms with Crippen LogP contribution in [0.1, 0.15) is 34.1 Å². The van der Waals surface area contributed by atoms with Crippen molar-refractivity contribution in [3.8, 4) is 0 Å². The Hall–Kier alpha value is -2.54. The largest absolute Gasteiger partial charge is 0.397 e. The fourth-order valence-electron chi connectivity index (χ4n) is 2.73. The van der Waals surface area contributed by atoms with Crippen molar-refractivity contribution in [1.82, 2.24) is 4.98 Å². The number of nitrogens with one attached hydrogen (secondary N) is 1. The first-order chi connectivity index (χ1) is 11.6. The first kappa shape index (κ1) is 16.3. The van der Waals surface area contributed by atoms with E-state index < -0.39 is 0 Å². The van der Waals surface area contributed by atoms with E-state index in [1.807, 2.05) is 24.5 Å². The van der Waals surface area contributed by atoms with Gasteiger partial charge in [-0.2, -0.15) is 0 Å². The highest BCUT2D eigenvalue weighted by atomic mass is 32.2. The SMILES string of the molecule is CS/C(N)=N/C1CCc2ccc(NC(=O)c3ccc(N)cn3)cc21. The molecule has 0 radical (unpaired) electrons. The number of nitrogens with zero attached hydrogens (tertiary/aromatic N) is 2. The zero-order valence-corrected chi connectivity index (χ0v) is 14.1. The number of aliphatic imine (C=N–C) groups is 1. The van der Waals surface area contributed by atoms with Crippen molar-refractivity contribution in [2.24, 2.45) is 10.7 Å². The molecule has 0 saturated carbocycles. The number of aromatic nitrogens is 1. The average Bonchev–Trinajstić information content (AvgIpc) is 2.97. The zero-order chi connectivity index (χ0) is 17.1. The van der Waals surface area contributed by atoms with E-state index in [1.165, 1.54) is 23.5 Å². The third kappa shape index (κ3) is 3.51. The minimum Gasteiger partial charge on any atom is -0.397 e. The van der Waals surface area contributed by atoms with Crippen LogP contribution in [-0.2, 0) is 6.42 Å². The van der Waals surface area contributed by atoms with Crippen molar-refractivity contribution in [1.29, 1.82) is 0 Å². The van der Waals surface area contributed by atoms with Gasteiger partial charge in [0.25, 0.3) is 5.91 Å². The maximum atomic E-state index is 12.3. The number of amides is 1. The third-order valence-electron chi connectivity index (χ3n) is 3.96. The van der Waals surface area contributed by atoms with Crippen LogP contribution in [0.25, 0.3) is 0 Å². The molecule has 1 amide bonds. The van der Waals surface area contributed by atoms with E-state index in [4.69, 9.17) is 11.5 Å². The molecule has 1 unspecified atom stereocenters. The first-order valence-electron chi connectivity index (χ1n) is 7.60. The van der Waals surface area contributed by atoms with Crippen LogP contribution < -0.4 is 16.8 Å². The van der Waals surface area contributed by atoms with Crippen LogP contribution in [0.4, 0.5) is 11.4 Å². The average molecular weight is 341 g/mol. The summed E-state index contributed by atoms with van der Waals surface area (Å²) in [7, 11) is 0. The Morgan fingerprint density at radius 2 is 2.21 bits per heavy atom. The van der Waals surface area contributed by atoms with Gasteiger partial charge in [-0.25, -0.2) is 4.98 Å². The lowest BCUT2D eigenvalue weighted by Gasteiger charge is -2.10. The van der Waals surface area contributed by atoms with Crippen molar-refractivity contribution >= 4 is 34.2 Å². The maximum Gasteiger partial charge on any atom is 0.274 e. The Morgan fingerprint density at radius 1 is 1.38 bits per heavy atom. The van der Waals surface area contributed by atoms with Gasteiger partial charge in [0.2, 0.25) is 0 Å². The van der Waals surface area contributed by atoms with Gasteiger partial charge >= 0.3 is 0 Å². The number of aryl methyl sites for hydroxylation is 1. The number of fused-ring (bicyclic) bond motifs is 1. The Morgan fingerprint density at radius 3 is 2.92 bits per heavy atom. The number of nitrogen functional groups attached to an aromatic ring is 1. The van der Waals surface area contributed by atoms with E-state index in [9.17, 15) is 4.79 Å². The third-order valence-corrected chi connectivity index (χ3v) is 4.48. The van der Waals surface area contributed by atoms with Gasteiger partial charge in [0.15, 0.2) is 5.17 Å². The van der Waals surface area contributed by atoms with Gasteiger partial charge < -0.3 is 16.8 Å². The summed E-state index contributed by atoms with van der Waals surface area (Å²) in [5.41, 5.74) is 15.4. The van der Waals surface area contributed by atoms with E-state index in [0.717, 1.165) is 24.1 Å². The number of rotatable bonds is 3. The van der Waals surface area contributed by atoms with E-state index in [2.05, 4.69) is 15.3 Å². The fraction of sp³-hybridized carbons (Fsp3) is 0.235. The van der Waals surface area contributed by atoms with Crippen molar-refractivity contribution in [3.63, 3.8) is 0 Å². The van der Waals surface area contributed by atoms with E-state index >= 15 is 0 Å². The predicted molar refractivity (Wildman–Crippen MR) is 99.2 cm³/mol. The molecule has 0 saturated heterocycles. The van der Waals surface area contributed by atoms with Crippen molar-refractivity contribution in [3.05, 3.63) is 53.3 Å². The van der Waals surface area contributed by atoms with Crippen LogP contribution in [0.3, 0.4) is 0 Å². The maximum absolute atomic E-state index is 12.3. The highest BCUT2D eigenvalue weighted by molar-refractivity contribution is 8.13. The lowest BCUT2D eigenvalue weighted by atomic mass is 10.1. The van der Waals surface area contributed by atoms with Crippen LogP contribution in [0, 0.1) is 0 Å². The number of hydrogen-bond acceptors (Lipinski definition) is 5. The molecule has 0 fully saturated rings. The quantitative estimate of drug-likeness (QED) is 0.587. The highest BCUT2D eigenvalue weighted by Gasteiger charge is 2.23. The van der Waals surface area contributed by atoms with Crippen molar-refractivity contribution in [2.45, 2.75) is 18.9 Å². The van der Waals surface area contributed by atoms with Gasteiger partial charge in [0, 0.05) is 5.69 Å². The van der Waals surface area contributed by atoms with Gasteiger partial charge in [-0.15, -0.1) is 0 Å². The van der Waals surface area contributed by atoms with Crippen molar-refractivity contribution < 1.29 is 4.79 Å². The second-order valence-corrected chi connectivity index (χ2v) is 6.40. The topological polar surface area (TPSA) is 106 Å².